The molecular weight excluding hydrogens is 390 g/mol. The van der Waals surface area contributed by atoms with Gasteiger partial charge in [-0.3, -0.25) is 20.5 Å². The predicted molar refractivity (Wildman–Crippen MR) is 127 cm³/mol. The average molecular weight is 426 g/mol. The van der Waals surface area contributed by atoms with Crippen LogP contribution in [0.2, 0.25) is 0 Å². The van der Waals surface area contributed by atoms with Crippen LogP contribution in [0.3, 0.4) is 0 Å². The molecule has 0 saturated heterocycles. The fraction of sp³-hybridized carbons (Fsp3) is 0.417. The summed E-state index contributed by atoms with van der Waals surface area (Å²) in [6, 6.07) is 5.11. The molecule has 0 unspecified atom stereocenters. The molecule has 0 radical (unpaired) electrons. The van der Waals surface area contributed by atoms with E-state index in [1.54, 1.807) is 31.5 Å². The number of hydrazine groups is 1. The highest BCUT2D eigenvalue weighted by Crippen LogP contribution is 2.30. The van der Waals surface area contributed by atoms with Crippen LogP contribution in [0.25, 0.3) is 0 Å². The summed E-state index contributed by atoms with van der Waals surface area (Å²) < 4.78 is 5.41. The van der Waals surface area contributed by atoms with Crippen LogP contribution in [0, 0.1) is 11.3 Å². The molecule has 0 heterocycles. The van der Waals surface area contributed by atoms with Gasteiger partial charge in [-0.15, -0.1) is 0 Å². The van der Waals surface area contributed by atoms with Crippen molar-refractivity contribution >= 4 is 17.6 Å². The molecule has 1 fully saturated rings. The summed E-state index contributed by atoms with van der Waals surface area (Å²) in [6.07, 6.45) is 12.3. The Kier molecular flexibility index (Phi) is 9.34. The second-order valence-corrected chi connectivity index (χ2v) is 8.06. The first-order valence-electron chi connectivity index (χ1n) is 10.6. The SMILES string of the molecule is COc1ccc(C(=O)NC(=N)N(N)/C=C\C2CC2)cc1NC/C=C(\C)CCC=C(C)C. The van der Waals surface area contributed by atoms with E-state index in [-0.39, 0.29) is 5.96 Å². The number of nitrogens with one attached hydrogen (secondary N) is 3. The third-order valence-corrected chi connectivity index (χ3v) is 4.93. The molecule has 1 aromatic rings. The molecule has 2 rings (SSSR count). The molecule has 1 amide bonds. The number of hydrogen-bond acceptors (Lipinski definition) is 5. The Bertz CT molecular complexity index is 865. The van der Waals surface area contributed by atoms with Gasteiger partial charge in [-0.2, -0.15) is 0 Å². The Morgan fingerprint density at radius 1 is 1.29 bits per heavy atom. The lowest BCUT2D eigenvalue weighted by Gasteiger charge is -2.16. The van der Waals surface area contributed by atoms with Crippen molar-refractivity contribution in [1.82, 2.24) is 10.3 Å². The molecule has 7 heteroatoms. The fourth-order valence-electron chi connectivity index (χ4n) is 2.84. The summed E-state index contributed by atoms with van der Waals surface area (Å²) in [5, 5.41) is 14.9. The highest BCUT2D eigenvalue weighted by Gasteiger charge is 2.18. The van der Waals surface area contributed by atoms with E-state index in [4.69, 9.17) is 16.0 Å². The number of allylic oxidation sites excluding steroid dienone is 4. The third kappa shape index (κ3) is 8.68. The minimum atomic E-state index is -0.403. The number of amides is 1. The molecule has 7 nitrogen and oxygen atoms in total. The molecule has 1 aliphatic rings. The predicted octanol–water partition coefficient (Wildman–Crippen LogP) is 4.56. The minimum Gasteiger partial charge on any atom is -0.495 e. The number of carbonyl (C=O) groups excluding carboxylic acids is 1. The number of guanidine groups is 1. The molecule has 5 N–H and O–H groups in total. The Morgan fingerprint density at radius 3 is 2.68 bits per heavy atom. The Labute approximate surface area is 185 Å². The van der Waals surface area contributed by atoms with Crippen molar-refractivity contribution < 1.29 is 9.53 Å². The maximum absolute atomic E-state index is 12.6. The van der Waals surface area contributed by atoms with Crippen molar-refractivity contribution in [3.63, 3.8) is 0 Å². The zero-order valence-electron chi connectivity index (χ0n) is 19.0. The van der Waals surface area contributed by atoms with Crippen LogP contribution in [-0.4, -0.2) is 30.5 Å². The van der Waals surface area contributed by atoms with Gasteiger partial charge in [0.15, 0.2) is 0 Å². The van der Waals surface area contributed by atoms with Crippen LogP contribution in [0.5, 0.6) is 5.75 Å². The van der Waals surface area contributed by atoms with Crippen LogP contribution in [0.4, 0.5) is 5.69 Å². The highest BCUT2D eigenvalue weighted by molar-refractivity contribution is 6.05. The average Bonchev–Trinajstić information content (AvgIpc) is 3.56. The summed E-state index contributed by atoms with van der Waals surface area (Å²) in [6.45, 7) is 6.95. The highest BCUT2D eigenvalue weighted by atomic mass is 16.5. The lowest BCUT2D eigenvalue weighted by atomic mass is 10.1. The maximum Gasteiger partial charge on any atom is 0.258 e. The van der Waals surface area contributed by atoms with Gasteiger partial charge in [0.25, 0.3) is 5.91 Å². The molecule has 0 aromatic heterocycles. The van der Waals surface area contributed by atoms with E-state index >= 15 is 0 Å². The number of benzene rings is 1. The van der Waals surface area contributed by atoms with E-state index in [1.807, 2.05) is 6.08 Å². The largest absolute Gasteiger partial charge is 0.495 e. The van der Waals surface area contributed by atoms with Gasteiger partial charge in [0.1, 0.15) is 5.75 Å². The molecule has 1 aromatic carbocycles. The Hall–Kier alpha value is -3.06. The number of nitrogens with two attached hydrogens (primary N) is 1. The molecule has 0 spiro atoms. The summed E-state index contributed by atoms with van der Waals surface area (Å²) in [7, 11) is 1.59. The molecule has 0 atom stereocenters. The molecule has 31 heavy (non-hydrogen) atoms. The molecular formula is C24H35N5O2. The Morgan fingerprint density at radius 2 is 2.03 bits per heavy atom. The summed E-state index contributed by atoms with van der Waals surface area (Å²) in [5.41, 5.74) is 3.76. The van der Waals surface area contributed by atoms with E-state index in [0.29, 0.717) is 29.5 Å². The van der Waals surface area contributed by atoms with Gasteiger partial charge in [-0.25, -0.2) is 5.84 Å². The normalized spacial score (nSPS) is 13.6. The van der Waals surface area contributed by atoms with Crippen LogP contribution in [0.1, 0.15) is 56.8 Å². The zero-order valence-corrected chi connectivity index (χ0v) is 19.0. The van der Waals surface area contributed by atoms with Gasteiger partial charge in [0.05, 0.1) is 12.8 Å². The number of hydrogen-bond donors (Lipinski definition) is 4. The number of nitrogens with zero attached hydrogens (tertiary/aromatic N) is 1. The summed E-state index contributed by atoms with van der Waals surface area (Å²) >= 11 is 0. The third-order valence-electron chi connectivity index (χ3n) is 4.93. The quantitative estimate of drug-likeness (QED) is 0.145. The summed E-state index contributed by atoms with van der Waals surface area (Å²) in [4.78, 5) is 12.6. The van der Waals surface area contributed by atoms with E-state index in [9.17, 15) is 4.79 Å². The first kappa shape index (κ1) is 24.2. The van der Waals surface area contributed by atoms with Gasteiger partial charge < -0.3 is 10.1 Å². The van der Waals surface area contributed by atoms with E-state index in [0.717, 1.165) is 30.7 Å². The van der Waals surface area contributed by atoms with Gasteiger partial charge in [0, 0.05) is 18.3 Å². The minimum absolute atomic E-state index is 0.179. The van der Waals surface area contributed by atoms with E-state index in [2.05, 4.69) is 43.6 Å². The van der Waals surface area contributed by atoms with E-state index < -0.39 is 5.91 Å². The maximum atomic E-state index is 12.6. The number of methoxy groups -OCH3 is 1. The summed E-state index contributed by atoms with van der Waals surface area (Å²) in [5.74, 6) is 6.41. The van der Waals surface area contributed by atoms with Crippen molar-refractivity contribution in [1.29, 1.82) is 5.41 Å². The molecule has 168 valence electrons. The lowest BCUT2D eigenvalue weighted by molar-refractivity contribution is 0.0973. The van der Waals surface area contributed by atoms with Gasteiger partial charge in [-0.05, 0) is 70.6 Å². The van der Waals surface area contributed by atoms with Crippen LogP contribution >= 0.6 is 0 Å². The molecule has 0 aliphatic heterocycles. The molecule has 1 saturated carbocycles. The van der Waals surface area contributed by atoms with Gasteiger partial charge >= 0.3 is 0 Å². The molecule has 0 bridgehead atoms. The number of rotatable bonds is 10. The van der Waals surface area contributed by atoms with Crippen molar-refractivity contribution in [3.05, 3.63) is 59.3 Å². The first-order chi connectivity index (χ1) is 14.8. The molecule has 1 aliphatic carbocycles. The van der Waals surface area contributed by atoms with Crippen molar-refractivity contribution in [2.75, 3.05) is 19.0 Å². The fourth-order valence-corrected chi connectivity index (χ4v) is 2.84. The van der Waals surface area contributed by atoms with Crippen LogP contribution in [0.15, 0.2) is 53.8 Å². The zero-order chi connectivity index (χ0) is 22.8. The Balaban J connectivity index is 1.96. The lowest BCUT2D eigenvalue weighted by Crippen LogP contribution is -2.44. The number of anilines is 1. The first-order valence-corrected chi connectivity index (χ1v) is 10.6. The van der Waals surface area contributed by atoms with Crippen LogP contribution in [-0.2, 0) is 0 Å². The van der Waals surface area contributed by atoms with Crippen molar-refractivity contribution in [3.8, 4) is 5.75 Å². The monoisotopic (exact) mass is 425 g/mol. The topological polar surface area (TPSA) is 103 Å². The number of ether oxygens (including phenoxy) is 1. The standard InChI is InChI=1S/C24H35N5O2/c1-17(2)6-5-7-18(3)12-14-27-21-16-20(10-11-22(21)31-4)23(30)28-24(25)29(26)15-13-19-8-9-19/h6,10-13,15-16,19,27H,5,7-9,14,26H2,1-4H3,(H2,25,28,30)/b15-13-,18-12+. The van der Waals surface area contributed by atoms with Crippen LogP contribution < -0.4 is 21.2 Å². The van der Waals surface area contributed by atoms with Gasteiger partial charge in [0.2, 0.25) is 5.96 Å². The van der Waals surface area contributed by atoms with Crippen molar-refractivity contribution in [2.24, 2.45) is 11.8 Å². The second kappa shape index (κ2) is 12.0. The van der Waals surface area contributed by atoms with E-state index in [1.165, 1.54) is 11.1 Å². The van der Waals surface area contributed by atoms with Crippen molar-refractivity contribution in [2.45, 2.75) is 46.5 Å². The van der Waals surface area contributed by atoms with Gasteiger partial charge in [-0.1, -0.05) is 29.4 Å². The second-order valence-electron chi connectivity index (χ2n) is 8.06. The smallest absolute Gasteiger partial charge is 0.258 e. The number of carbonyl (C=O) groups is 1.